The van der Waals surface area contributed by atoms with Crippen LogP contribution in [0.15, 0.2) is 52.6 Å². The lowest BCUT2D eigenvalue weighted by molar-refractivity contribution is -0.118. The van der Waals surface area contributed by atoms with Gasteiger partial charge in [-0.15, -0.1) is 4.40 Å². The summed E-state index contributed by atoms with van der Waals surface area (Å²) in [5, 5.41) is 2.81. The number of amides is 2. The van der Waals surface area contributed by atoms with E-state index in [1.54, 1.807) is 28.2 Å². The summed E-state index contributed by atoms with van der Waals surface area (Å²) in [4.78, 5) is 28.0. The molecular weight excluding hydrogens is 380 g/mol. The van der Waals surface area contributed by atoms with Crippen LogP contribution in [0, 0.1) is 0 Å². The van der Waals surface area contributed by atoms with Crippen LogP contribution < -0.4 is 10.2 Å². The Bertz CT molecular complexity index is 1030. The molecule has 8 nitrogen and oxygen atoms in total. The third kappa shape index (κ3) is 3.70. The fraction of sp³-hybridized carbons (Fsp3) is 0.316. The van der Waals surface area contributed by atoms with Gasteiger partial charge in [-0.05, 0) is 36.3 Å². The predicted octanol–water partition coefficient (Wildman–Crippen LogP) is 0.927. The Labute approximate surface area is 163 Å². The van der Waals surface area contributed by atoms with E-state index in [2.05, 4.69) is 9.71 Å². The molecule has 3 aliphatic rings. The molecule has 0 radical (unpaired) electrons. The Morgan fingerprint density at radius 3 is 2.89 bits per heavy atom. The van der Waals surface area contributed by atoms with E-state index < -0.39 is 15.9 Å². The van der Waals surface area contributed by atoms with Crippen LogP contribution in [0.4, 0.5) is 5.69 Å². The van der Waals surface area contributed by atoms with Crippen LogP contribution >= 0.6 is 0 Å². The molecule has 0 aliphatic carbocycles. The number of hydrogen-bond donors (Lipinski definition) is 1. The largest absolute Gasteiger partial charge is 0.348 e. The highest BCUT2D eigenvalue weighted by Crippen LogP contribution is 2.22. The van der Waals surface area contributed by atoms with Gasteiger partial charge in [0.1, 0.15) is 0 Å². The second kappa shape index (κ2) is 7.23. The number of nitrogens with zero attached hydrogens (tertiary/aromatic N) is 3. The molecular formula is C19H20N4O4S. The highest BCUT2D eigenvalue weighted by molar-refractivity contribution is 7.90. The maximum absolute atomic E-state index is 12.7. The van der Waals surface area contributed by atoms with E-state index in [0.717, 1.165) is 17.7 Å². The molecule has 0 bridgehead atoms. The molecule has 0 aromatic heterocycles. The molecule has 1 N–H and O–H groups in total. The van der Waals surface area contributed by atoms with Gasteiger partial charge in [-0.2, -0.15) is 0 Å². The van der Waals surface area contributed by atoms with Crippen molar-refractivity contribution in [1.82, 2.24) is 10.2 Å². The second-order valence-electron chi connectivity index (χ2n) is 6.82. The summed E-state index contributed by atoms with van der Waals surface area (Å²) in [6.45, 7) is 1.24. The van der Waals surface area contributed by atoms with Crippen molar-refractivity contribution in [2.75, 3.05) is 23.7 Å². The highest BCUT2D eigenvalue weighted by Gasteiger charge is 2.29. The van der Waals surface area contributed by atoms with Gasteiger partial charge in [-0.3, -0.25) is 9.59 Å². The average molecular weight is 400 g/mol. The van der Waals surface area contributed by atoms with Crippen LogP contribution in [0.1, 0.15) is 18.4 Å². The van der Waals surface area contributed by atoms with Gasteiger partial charge in [0.25, 0.3) is 15.9 Å². The van der Waals surface area contributed by atoms with E-state index in [0.29, 0.717) is 13.0 Å². The molecule has 1 aromatic rings. The van der Waals surface area contributed by atoms with Crippen molar-refractivity contribution >= 4 is 33.4 Å². The maximum atomic E-state index is 12.7. The normalized spacial score (nSPS) is 20.5. The fourth-order valence-electron chi connectivity index (χ4n) is 3.43. The molecule has 0 unspecified atom stereocenters. The predicted molar refractivity (Wildman–Crippen MR) is 105 cm³/mol. The molecule has 3 heterocycles. The summed E-state index contributed by atoms with van der Waals surface area (Å²) < 4.78 is 27.4. The van der Waals surface area contributed by atoms with Gasteiger partial charge < -0.3 is 15.1 Å². The van der Waals surface area contributed by atoms with Crippen molar-refractivity contribution < 1.29 is 18.0 Å². The lowest BCUT2D eigenvalue weighted by atomic mass is 10.1. The quantitative estimate of drug-likeness (QED) is 0.811. The molecule has 0 atom stereocenters. The topological polar surface area (TPSA) is 99.1 Å². The standard InChI is InChI=1S/C19H20N4O4S/c24-17-7-3-9-23(17)15-5-1-4-14(12-15)13-20-19(25)16-6-2-8-22-10-11-28(26,27)21-18(16)22/h1-2,4-6,8,12H,3,7,9-11,13H2,(H,20,25). The zero-order valence-corrected chi connectivity index (χ0v) is 16.0. The van der Waals surface area contributed by atoms with E-state index in [1.807, 2.05) is 24.3 Å². The molecule has 1 fully saturated rings. The van der Waals surface area contributed by atoms with E-state index in [4.69, 9.17) is 0 Å². The van der Waals surface area contributed by atoms with Crippen molar-refractivity contribution in [3.63, 3.8) is 0 Å². The van der Waals surface area contributed by atoms with Gasteiger partial charge in [0.05, 0.1) is 11.3 Å². The number of fused-ring (bicyclic) bond motifs is 1. The highest BCUT2D eigenvalue weighted by atomic mass is 32.2. The minimum Gasteiger partial charge on any atom is -0.348 e. The lowest BCUT2D eigenvalue weighted by Gasteiger charge is -2.28. The molecule has 2 amide bonds. The number of anilines is 1. The van der Waals surface area contributed by atoms with Crippen LogP contribution in [0.5, 0.6) is 0 Å². The number of amidine groups is 1. The van der Waals surface area contributed by atoms with E-state index in [9.17, 15) is 18.0 Å². The Hall–Kier alpha value is -2.94. The molecule has 0 spiro atoms. The van der Waals surface area contributed by atoms with Gasteiger partial charge in [0.2, 0.25) is 5.91 Å². The number of benzene rings is 1. The molecule has 0 saturated carbocycles. The van der Waals surface area contributed by atoms with Gasteiger partial charge in [0.15, 0.2) is 5.84 Å². The minimum atomic E-state index is -3.55. The molecule has 28 heavy (non-hydrogen) atoms. The summed E-state index contributed by atoms with van der Waals surface area (Å²) in [5.74, 6) is -0.204. The number of nitrogens with one attached hydrogen (secondary N) is 1. The SMILES string of the molecule is O=C(NCc1cccc(N2CCCC2=O)c1)C1=CC=CN2CCS(=O)(=O)N=C12. The number of sulfonamides is 1. The average Bonchev–Trinajstić information content (AvgIpc) is 3.11. The van der Waals surface area contributed by atoms with Crippen LogP contribution in [-0.2, 0) is 26.2 Å². The number of carbonyl (C=O) groups is 2. The molecule has 3 aliphatic heterocycles. The van der Waals surface area contributed by atoms with Crippen molar-refractivity contribution in [2.24, 2.45) is 4.40 Å². The van der Waals surface area contributed by atoms with Crippen molar-refractivity contribution in [1.29, 1.82) is 0 Å². The Morgan fingerprint density at radius 2 is 2.11 bits per heavy atom. The first-order chi connectivity index (χ1) is 13.4. The number of rotatable bonds is 4. The first-order valence-corrected chi connectivity index (χ1v) is 10.7. The molecule has 146 valence electrons. The summed E-state index contributed by atoms with van der Waals surface area (Å²) >= 11 is 0. The lowest BCUT2D eigenvalue weighted by Crippen LogP contribution is -2.42. The summed E-state index contributed by atoms with van der Waals surface area (Å²) in [6.07, 6.45) is 6.38. The molecule has 1 saturated heterocycles. The third-order valence-electron chi connectivity index (χ3n) is 4.85. The van der Waals surface area contributed by atoms with E-state index in [1.165, 1.54) is 0 Å². The number of hydrogen-bond acceptors (Lipinski definition) is 5. The molecule has 4 rings (SSSR count). The monoisotopic (exact) mass is 400 g/mol. The summed E-state index contributed by atoms with van der Waals surface area (Å²) in [7, 11) is -3.55. The maximum Gasteiger partial charge on any atom is 0.256 e. The molecule has 9 heteroatoms. The van der Waals surface area contributed by atoms with Gasteiger partial charge in [-0.1, -0.05) is 12.1 Å². The smallest absolute Gasteiger partial charge is 0.256 e. The first-order valence-electron chi connectivity index (χ1n) is 9.09. The van der Waals surface area contributed by atoms with Gasteiger partial charge >= 0.3 is 0 Å². The van der Waals surface area contributed by atoms with Crippen molar-refractivity contribution in [3.8, 4) is 0 Å². The van der Waals surface area contributed by atoms with Crippen LogP contribution in [0.3, 0.4) is 0 Å². The van der Waals surface area contributed by atoms with Crippen LogP contribution in [-0.4, -0.2) is 49.8 Å². The third-order valence-corrected chi connectivity index (χ3v) is 6.00. The fourth-order valence-corrected chi connectivity index (χ4v) is 4.41. The summed E-state index contributed by atoms with van der Waals surface area (Å²) in [6, 6.07) is 7.48. The summed E-state index contributed by atoms with van der Waals surface area (Å²) in [5.41, 5.74) is 1.90. The van der Waals surface area contributed by atoms with Gasteiger partial charge in [-0.25, -0.2) is 8.42 Å². The van der Waals surface area contributed by atoms with Crippen LogP contribution in [0.2, 0.25) is 0 Å². The zero-order chi connectivity index (χ0) is 19.7. The first kappa shape index (κ1) is 18.4. The van der Waals surface area contributed by atoms with E-state index in [-0.39, 0.29) is 36.2 Å². The number of carbonyl (C=O) groups excluding carboxylic acids is 2. The minimum absolute atomic E-state index is 0.0717. The Morgan fingerprint density at radius 1 is 1.25 bits per heavy atom. The number of allylic oxidation sites excluding steroid dienone is 2. The van der Waals surface area contributed by atoms with E-state index >= 15 is 0 Å². The van der Waals surface area contributed by atoms with Crippen molar-refractivity contribution in [2.45, 2.75) is 19.4 Å². The van der Waals surface area contributed by atoms with Crippen molar-refractivity contribution in [3.05, 3.63) is 53.8 Å². The molecule has 1 aromatic carbocycles. The Kier molecular flexibility index (Phi) is 4.76. The van der Waals surface area contributed by atoms with Crippen LogP contribution in [0.25, 0.3) is 0 Å². The van der Waals surface area contributed by atoms with Gasteiger partial charge in [0, 0.05) is 37.9 Å². The zero-order valence-electron chi connectivity index (χ0n) is 15.2. The second-order valence-corrected chi connectivity index (χ2v) is 8.57. The Balaban J connectivity index is 1.47.